The number of morpholine rings is 1. The standard InChI is InChI=1S/C14H23NO3/c16-13(8-11-3-6-17-7-4-11)14-9-15-5-1-2-12(15)10-18-14/h11-12,14H,1-10H2. The maximum Gasteiger partial charge on any atom is 0.163 e. The van der Waals surface area contributed by atoms with E-state index in [1.54, 1.807) is 0 Å². The van der Waals surface area contributed by atoms with Crippen molar-refractivity contribution in [2.24, 2.45) is 5.92 Å². The molecule has 2 atom stereocenters. The van der Waals surface area contributed by atoms with Gasteiger partial charge in [0.25, 0.3) is 0 Å². The van der Waals surface area contributed by atoms with Crippen LogP contribution >= 0.6 is 0 Å². The van der Waals surface area contributed by atoms with E-state index in [0.29, 0.717) is 24.2 Å². The molecule has 0 N–H and O–H groups in total. The summed E-state index contributed by atoms with van der Waals surface area (Å²) >= 11 is 0. The van der Waals surface area contributed by atoms with Gasteiger partial charge in [0.2, 0.25) is 0 Å². The molecule has 18 heavy (non-hydrogen) atoms. The van der Waals surface area contributed by atoms with E-state index < -0.39 is 0 Å². The molecule has 2 unspecified atom stereocenters. The molecule has 3 saturated heterocycles. The van der Waals surface area contributed by atoms with Crippen LogP contribution in [0.15, 0.2) is 0 Å². The largest absolute Gasteiger partial charge is 0.381 e. The minimum Gasteiger partial charge on any atom is -0.381 e. The number of carbonyl (C=O) groups excluding carboxylic acids is 1. The summed E-state index contributed by atoms with van der Waals surface area (Å²) in [7, 11) is 0. The van der Waals surface area contributed by atoms with E-state index in [-0.39, 0.29) is 6.10 Å². The molecule has 0 bridgehead atoms. The fourth-order valence-electron chi connectivity index (χ4n) is 3.38. The van der Waals surface area contributed by atoms with Gasteiger partial charge in [-0.15, -0.1) is 0 Å². The Morgan fingerprint density at radius 3 is 2.89 bits per heavy atom. The summed E-state index contributed by atoms with van der Waals surface area (Å²) in [4.78, 5) is 14.7. The molecule has 0 spiro atoms. The van der Waals surface area contributed by atoms with Gasteiger partial charge >= 0.3 is 0 Å². The van der Waals surface area contributed by atoms with Crippen LogP contribution in [0, 0.1) is 5.92 Å². The van der Waals surface area contributed by atoms with Crippen molar-refractivity contribution in [3.63, 3.8) is 0 Å². The Morgan fingerprint density at radius 1 is 1.22 bits per heavy atom. The van der Waals surface area contributed by atoms with Crippen molar-refractivity contribution in [3.05, 3.63) is 0 Å². The van der Waals surface area contributed by atoms with Crippen molar-refractivity contribution >= 4 is 5.78 Å². The molecular formula is C14H23NO3. The zero-order valence-corrected chi connectivity index (χ0v) is 11.0. The first kappa shape index (κ1) is 12.6. The topological polar surface area (TPSA) is 38.8 Å². The summed E-state index contributed by atoms with van der Waals surface area (Å²) in [5.41, 5.74) is 0. The summed E-state index contributed by atoms with van der Waals surface area (Å²) in [5, 5.41) is 0. The number of rotatable bonds is 3. The van der Waals surface area contributed by atoms with Crippen molar-refractivity contribution in [1.29, 1.82) is 0 Å². The number of ether oxygens (including phenoxy) is 2. The van der Waals surface area contributed by atoms with Gasteiger partial charge < -0.3 is 9.47 Å². The van der Waals surface area contributed by atoms with E-state index in [1.807, 2.05) is 0 Å². The third kappa shape index (κ3) is 2.76. The van der Waals surface area contributed by atoms with Crippen molar-refractivity contribution in [2.75, 3.05) is 32.9 Å². The second-order valence-electron chi connectivity index (χ2n) is 5.84. The fourth-order valence-corrected chi connectivity index (χ4v) is 3.38. The van der Waals surface area contributed by atoms with Gasteiger partial charge in [0.15, 0.2) is 5.78 Å². The maximum absolute atomic E-state index is 12.3. The minimum absolute atomic E-state index is 0.165. The molecule has 3 aliphatic rings. The molecule has 3 rings (SSSR count). The van der Waals surface area contributed by atoms with E-state index >= 15 is 0 Å². The van der Waals surface area contributed by atoms with Crippen LogP contribution in [0.5, 0.6) is 0 Å². The number of carbonyl (C=O) groups is 1. The number of ketones is 1. The predicted octanol–water partition coefficient (Wildman–Crippen LogP) is 1.24. The van der Waals surface area contributed by atoms with Gasteiger partial charge in [-0.3, -0.25) is 9.69 Å². The monoisotopic (exact) mass is 253 g/mol. The van der Waals surface area contributed by atoms with Crippen molar-refractivity contribution in [3.8, 4) is 0 Å². The molecule has 0 aliphatic carbocycles. The van der Waals surface area contributed by atoms with Gasteiger partial charge in [0.1, 0.15) is 6.10 Å². The molecule has 3 fully saturated rings. The molecule has 0 amide bonds. The summed E-state index contributed by atoms with van der Waals surface area (Å²) in [6.45, 7) is 4.36. The summed E-state index contributed by atoms with van der Waals surface area (Å²) in [5.74, 6) is 0.832. The van der Waals surface area contributed by atoms with Crippen molar-refractivity contribution in [1.82, 2.24) is 4.90 Å². The lowest BCUT2D eigenvalue weighted by atomic mass is 9.92. The molecule has 0 saturated carbocycles. The Hall–Kier alpha value is -0.450. The lowest BCUT2D eigenvalue weighted by Gasteiger charge is -2.35. The highest BCUT2D eigenvalue weighted by molar-refractivity contribution is 5.83. The van der Waals surface area contributed by atoms with Gasteiger partial charge in [-0.2, -0.15) is 0 Å². The van der Waals surface area contributed by atoms with Gasteiger partial charge in [0.05, 0.1) is 6.61 Å². The van der Waals surface area contributed by atoms with Crippen LogP contribution in [0.25, 0.3) is 0 Å². The van der Waals surface area contributed by atoms with E-state index in [1.165, 1.54) is 12.8 Å². The second kappa shape index (κ2) is 5.68. The van der Waals surface area contributed by atoms with Crippen LogP contribution in [0.3, 0.4) is 0 Å². The molecule has 0 aromatic heterocycles. The van der Waals surface area contributed by atoms with Crippen LogP contribution in [0.2, 0.25) is 0 Å². The van der Waals surface area contributed by atoms with Gasteiger partial charge in [-0.1, -0.05) is 0 Å². The first-order valence-electron chi connectivity index (χ1n) is 7.29. The zero-order chi connectivity index (χ0) is 12.4. The third-order valence-electron chi connectivity index (χ3n) is 4.58. The second-order valence-corrected chi connectivity index (χ2v) is 5.84. The molecule has 0 radical (unpaired) electrons. The van der Waals surface area contributed by atoms with Crippen molar-refractivity contribution < 1.29 is 14.3 Å². The normalized spacial score (nSPS) is 34.4. The highest BCUT2D eigenvalue weighted by atomic mass is 16.5. The minimum atomic E-state index is -0.165. The zero-order valence-electron chi connectivity index (χ0n) is 11.0. The van der Waals surface area contributed by atoms with Crippen LogP contribution < -0.4 is 0 Å². The third-order valence-corrected chi connectivity index (χ3v) is 4.58. The molecular weight excluding hydrogens is 230 g/mol. The average molecular weight is 253 g/mol. The summed E-state index contributed by atoms with van der Waals surface area (Å²) in [6.07, 6.45) is 5.08. The molecule has 102 valence electrons. The smallest absolute Gasteiger partial charge is 0.163 e. The summed E-state index contributed by atoms with van der Waals surface area (Å²) in [6, 6.07) is 0.581. The predicted molar refractivity (Wildman–Crippen MR) is 67.5 cm³/mol. The Morgan fingerprint density at radius 2 is 2.06 bits per heavy atom. The van der Waals surface area contributed by atoms with Crippen LogP contribution in [0.1, 0.15) is 32.1 Å². The first-order valence-corrected chi connectivity index (χ1v) is 7.29. The van der Waals surface area contributed by atoms with E-state index in [0.717, 1.165) is 45.8 Å². The number of hydrogen-bond acceptors (Lipinski definition) is 4. The molecule has 3 aliphatic heterocycles. The Kier molecular flexibility index (Phi) is 3.97. The Labute approximate surface area is 109 Å². The first-order chi connectivity index (χ1) is 8.83. The maximum atomic E-state index is 12.3. The lowest BCUT2D eigenvalue weighted by molar-refractivity contribution is -0.140. The van der Waals surface area contributed by atoms with Gasteiger partial charge in [-0.05, 0) is 38.1 Å². The highest BCUT2D eigenvalue weighted by Gasteiger charge is 2.35. The van der Waals surface area contributed by atoms with Crippen molar-refractivity contribution in [2.45, 2.75) is 44.2 Å². The Balaban J connectivity index is 1.49. The molecule has 4 heteroatoms. The summed E-state index contributed by atoms with van der Waals surface area (Å²) < 4.78 is 11.1. The number of Topliss-reactive ketones (excluding diaryl/α,β-unsaturated/α-hetero) is 1. The molecule has 0 aromatic rings. The molecule has 3 heterocycles. The quantitative estimate of drug-likeness (QED) is 0.758. The van der Waals surface area contributed by atoms with E-state index in [9.17, 15) is 4.79 Å². The average Bonchev–Trinajstić information content (AvgIpc) is 2.87. The van der Waals surface area contributed by atoms with Gasteiger partial charge in [0, 0.05) is 32.2 Å². The van der Waals surface area contributed by atoms with Crippen LogP contribution in [-0.4, -0.2) is 55.7 Å². The molecule has 4 nitrogen and oxygen atoms in total. The van der Waals surface area contributed by atoms with E-state index in [2.05, 4.69) is 4.90 Å². The Bertz CT molecular complexity index is 301. The van der Waals surface area contributed by atoms with Crippen LogP contribution in [0.4, 0.5) is 0 Å². The number of hydrogen-bond donors (Lipinski definition) is 0. The fraction of sp³-hybridized carbons (Fsp3) is 0.929. The van der Waals surface area contributed by atoms with Crippen LogP contribution in [-0.2, 0) is 14.3 Å². The highest BCUT2D eigenvalue weighted by Crippen LogP contribution is 2.25. The number of fused-ring (bicyclic) bond motifs is 1. The van der Waals surface area contributed by atoms with Gasteiger partial charge in [-0.25, -0.2) is 0 Å². The lowest BCUT2D eigenvalue weighted by Crippen LogP contribution is -2.49. The molecule has 0 aromatic carbocycles. The van der Waals surface area contributed by atoms with E-state index in [4.69, 9.17) is 9.47 Å². The SMILES string of the molecule is O=C(CC1CCOCC1)C1CN2CCCC2CO1. The number of nitrogens with zero attached hydrogens (tertiary/aromatic N) is 1.